The molecule has 0 aromatic heterocycles. The van der Waals surface area contributed by atoms with Crippen LogP contribution in [0.25, 0.3) is 0 Å². The maximum atomic E-state index is 13.1. The van der Waals surface area contributed by atoms with Gasteiger partial charge >= 0.3 is 0 Å². The molecule has 2 rings (SSSR count). The van der Waals surface area contributed by atoms with Gasteiger partial charge in [-0.2, -0.15) is 0 Å². The predicted octanol–water partition coefficient (Wildman–Crippen LogP) is 5.46. The lowest BCUT2D eigenvalue weighted by Gasteiger charge is -2.43. The summed E-state index contributed by atoms with van der Waals surface area (Å²) in [5.74, 6) is 0.901. The van der Waals surface area contributed by atoms with E-state index in [1.54, 1.807) is 0 Å². The third-order valence-electron chi connectivity index (χ3n) is 4.64. The third kappa shape index (κ3) is 4.87. The number of benzene rings is 1. The van der Waals surface area contributed by atoms with Gasteiger partial charge in [0.2, 0.25) is 0 Å². The van der Waals surface area contributed by atoms with Crippen LogP contribution in [-0.4, -0.2) is 28.4 Å². The molecule has 0 saturated carbocycles. The molecule has 0 aliphatic carbocycles. The molecule has 0 unspecified atom stereocenters. The standard InChI is InChI=1S/C22H33NO2/c1-20(2,3)23-14-13-22(7,8)18(15-23)19(24)16-9-11-17(12-10-16)25-21(4,5)6/h9-12,15H,13-14H2,1-8H3. The topological polar surface area (TPSA) is 29.5 Å². The average Bonchev–Trinajstić information content (AvgIpc) is 2.44. The van der Waals surface area contributed by atoms with E-state index in [0.29, 0.717) is 0 Å². The van der Waals surface area contributed by atoms with E-state index in [-0.39, 0.29) is 22.3 Å². The molecule has 1 aliphatic rings. The lowest BCUT2D eigenvalue weighted by molar-refractivity contribution is 0.0964. The Bertz CT molecular complexity index is 655. The van der Waals surface area contributed by atoms with Crippen LogP contribution in [0.2, 0.25) is 0 Å². The molecule has 1 aliphatic heterocycles. The summed E-state index contributed by atoms with van der Waals surface area (Å²) in [6.07, 6.45) is 3.05. The van der Waals surface area contributed by atoms with Gasteiger partial charge in [0.15, 0.2) is 5.78 Å². The molecule has 25 heavy (non-hydrogen) atoms. The second-order valence-electron chi connectivity index (χ2n) is 9.61. The molecule has 3 heteroatoms. The van der Waals surface area contributed by atoms with Crippen LogP contribution in [0, 0.1) is 5.41 Å². The Hall–Kier alpha value is -1.77. The van der Waals surface area contributed by atoms with Crippen LogP contribution < -0.4 is 4.74 Å². The molecule has 1 aromatic carbocycles. The number of carbonyl (C=O) groups excluding carboxylic acids is 1. The Morgan fingerprint density at radius 3 is 2.08 bits per heavy atom. The van der Waals surface area contributed by atoms with Gasteiger partial charge in [0.25, 0.3) is 0 Å². The van der Waals surface area contributed by atoms with E-state index in [0.717, 1.165) is 29.9 Å². The van der Waals surface area contributed by atoms with Gasteiger partial charge in [-0.15, -0.1) is 0 Å². The van der Waals surface area contributed by atoms with E-state index in [2.05, 4.69) is 45.7 Å². The molecule has 0 bridgehead atoms. The summed E-state index contributed by atoms with van der Waals surface area (Å²) in [6.45, 7) is 17.9. The highest BCUT2D eigenvalue weighted by Crippen LogP contribution is 2.38. The van der Waals surface area contributed by atoms with Gasteiger partial charge in [-0.3, -0.25) is 4.79 Å². The van der Waals surface area contributed by atoms with Crippen LogP contribution in [0.1, 0.15) is 72.2 Å². The smallest absolute Gasteiger partial charge is 0.191 e. The van der Waals surface area contributed by atoms with Crippen molar-refractivity contribution in [3.63, 3.8) is 0 Å². The van der Waals surface area contributed by atoms with Gasteiger partial charge in [0.05, 0.1) is 0 Å². The van der Waals surface area contributed by atoms with Crippen molar-refractivity contribution in [2.45, 2.75) is 73.0 Å². The summed E-state index contributed by atoms with van der Waals surface area (Å²) in [7, 11) is 0. The van der Waals surface area contributed by atoms with Crippen LogP contribution in [0.5, 0.6) is 5.75 Å². The minimum absolute atomic E-state index is 0.0203. The molecule has 0 atom stereocenters. The first-order valence-electron chi connectivity index (χ1n) is 9.12. The average molecular weight is 344 g/mol. The van der Waals surface area contributed by atoms with Crippen LogP contribution >= 0.6 is 0 Å². The molecule has 3 nitrogen and oxygen atoms in total. The maximum absolute atomic E-state index is 13.1. The molecule has 138 valence electrons. The summed E-state index contributed by atoms with van der Waals surface area (Å²) in [5.41, 5.74) is 1.27. The number of rotatable bonds is 3. The van der Waals surface area contributed by atoms with Crippen molar-refractivity contribution in [1.29, 1.82) is 0 Å². The first-order chi connectivity index (χ1) is 11.3. The Labute approximate surface area is 153 Å². The van der Waals surface area contributed by atoms with E-state index in [1.165, 1.54) is 0 Å². The molecular weight excluding hydrogens is 310 g/mol. The van der Waals surface area contributed by atoms with E-state index in [4.69, 9.17) is 4.74 Å². The van der Waals surface area contributed by atoms with Gasteiger partial charge in [-0.25, -0.2) is 0 Å². The zero-order valence-electron chi connectivity index (χ0n) is 17.1. The van der Waals surface area contributed by atoms with Crippen molar-refractivity contribution in [3.05, 3.63) is 41.6 Å². The zero-order chi connectivity index (χ0) is 19.0. The number of hydrogen-bond acceptors (Lipinski definition) is 3. The van der Waals surface area contributed by atoms with E-state index < -0.39 is 0 Å². The van der Waals surface area contributed by atoms with Gasteiger partial charge in [0.1, 0.15) is 11.4 Å². The minimum atomic E-state index is -0.243. The minimum Gasteiger partial charge on any atom is -0.488 e. The fraction of sp³-hybridized carbons (Fsp3) is 0.591. The number of Topliss-reactive ketones (excluding diaryl/α,β-unsaturated/α-hetero) is 1. The van der Waals surface area contributed by atoms with Crippen molar-refractivity contribution in [2.75, 3.05) is 6.54 Å². The highest BCUT2D eigenvalue weighted by molar-refractivity contribution is 6.09. The Morgan fingerprint density at radius 1 is 1.04 bits per heavy atom. The molecule has 0 saturated heterocycles. The van der Waals surface area contributed by atoms with Gasteiger partial charge < -0.3 is 9.64 Å². The molecule has 0 N–H and O–H groups in total. The van der Waals surface area contributed by atoms with Crippen molar-refractivity contribution < 1.29 is 9.53 Å². The summed E-state index contributed by atoms with van der Waals surface area (Å²) in [6, 6.07) is 7.51. The summed E-state index contributed by atoms with van der Waals surface area (Å²) in [4.78, 5) is 15.4. The lowest BCUT2D eigenvalue weighted by atomic mass is 9.75. The van der Waals surface area contributed by atoms with Gasteiger partial charge in [-0.1, -0.05) is 13.8 Å². The molecule has 1 aromatic rings. The second-order valence-corrected chi connectivity index (χ2v) is 9.61. The van der Waals surface area contributed by atoms with Gasteiger partial charge in [0, 0.05) is 29.4 Å². The number of carbonyl (C=O) groups is 1. The first kappa shape index (κ1) is 19.6. The Kier molecular flexibility index (Phi) is 5.09. The van der Waals surface area contributed by atoms with Crippen LogP contribution in [0.15, 0.2) is 36.0 Å². The highest BCUT2D eigenvalue weighted by atomic mass is 16.5. The van der Waals surface area contributed by atoms with Crippen molar-refractivity contribution >= 4 is 5.78 Å². The highest BCUT2D eigenvalue weighted by Gasteiger charge is 2.35. The Balaban J connectivity index is 2.29. The fourth-order valence-electron chi connectivity index (χ4n) is 3.01. The number of hydrogen-bond donors (Lipinski definition) is 0. The second kappa shape index (κ2) is 6.51. The van der Waals surface area contributed by atoms with E-state index in [1.807, 2.05) is 45.0 Å². The van der Waals surface area contributed by atoms with E-state index >= 15 is 0 Å². The van der Waals surface area contributed by atoms with Gasteiger partial charge in [-0.05, 0) is 77.6 Å². The third-order valence-corrected chi connectivity index (χ3v) is 4.64. The first-order valence-corrected chi connectivity index (χ1v) is 9.12. The van der Waals surface area contributed by atoms with Crippen molar-refractivity contribution in [3.8, 4) is 5.75 Å². The number of ketones is 1. The number of ether oxygens (including phenoxy) is 1. The summed E-state index contributed by atoms with van der Waals surface area (Å²) >= 11 is 0. The summed E-state index contributed by atoms with van der Waals surface area (Å²) < 4.78 is 5.85. The largest absolute Gasteiger partial charge is 0.488 e. The van der Waals surface area contributed by atoms with Crippen molar-refractivity contribution in [1.82, 2.24) is 4.90 Å². The monoisotopic (exact) mass is 343 g/mol. The maximum Gasteiger partial charge on any atom is 0.191 e. The molecular formula is C22H33NO2. The number of allylic oxidation sites excluding steroid dienone is 1. The van der Waals surface area contributed by atoms with Crippen LogP contribution in [-0.2, 0) is 0 Å². The lowest BCUT2D eigenvalue weighted by Crippen LogP contribution is -2.44. The quantitative estimate of drug-likeness (QED) is 0.682. The van der Waals surface area contributed by atoms with Crippen molar-refractivity contribution in [2.24, 2.45) is 5.41 Å². The summed E-state index contributed by atoms with van der Waals surface area (Å²) in [5, 5.41) is 0. The number of nitrogens with zero attached hydrogens (tertiary/aromatic N) is 1. The van der Waals surface area contributed by atoms with Crippen LogP contribution in [0.4, 0.5) is 0 Å². The van der Waals surface area contributed by atoms with E-state index in [9.17, 15) is 4.79 Å². The molecule has 0 fully saturated rings. The normalized spacial score (nSPS) is 17.9. The SMILES string of the molecule is CC(C)(C)Oc1ccc(C(=O)C2=CN(C(C)(C)C)CCC2(C)C)cc1. The Morgan fingerprint density at radius 2 is 1.60 bits per heavy atom. The molecule has 0 radical (unpaired) electrons. The fourth-order valence-corrected chi connectivity index (χ4v) is 3.01. The molecule has 0 amide bonds. The molecule has 1 heterocycles. The molecule has 0 spiro atoms. The van der Waals surface area contributed by atoms with Crippen LogP contribution in [0.3, 0.4) is 0 Å². The zero-order valence-corrected chi connectivity index (χ0v) is 17.1. The predicted molar refractivity (Wildman–Crippen MR) is 104 cm³/mol.